The summed E-state index contributed by atoms with van der Waals surface area (Å²) in [5.41, 5.74) is 2.70. The maximum atomic E-state index is 3.27. The quantitative estimate of drug-likeness (QED) is 0.874. The Hall–Kier alpha value is -1.06. The molecular weight excluding hydrogens is 222 g/mol. The van der Waals surface area contributed by atoms with E-state index in [1.165, 1.54) is 17.7 Å². The molecule has 1 heterocycles. The van der Waals surface area contributed by atoms with Crippen LogP contribution in [-0.2, 0) is 0 Å². The Labute approximate surface area is 111 Å². The van der Waals surface area contributed by atoms with E-state index in [9.17, 15) is 0 Å². The molecule has 3 nitrogen and oxygen atoms in total. The molecule has 1 aromatic carbocycles. The minimum absolute atomic E-state index is 0.624. The zero-order chi connectivity index (χ0) is 13.0. The van der Waals surface area contributed by atoms with Gasteiger partial charge >= 0.3 is 0 Å². The van der Waals surface area contributed by atoms with Crippen LogP contribution in [0.3, 0.4) is 0 Å². The number of nitrogens with one attached hydrogen (secondary N) is 1. The van der Waals surface area contributed by atoms with Gasteiger partial charge in [0, 0.05) is 31.4 Å². The number of piperazine rings is 1. The van der Waals surface area contributed by atoms with Crippen molar-refractivity contribution in [3.8, 4) is 0 Å². The zero-order valence-corrected chi connectivity index (χ0v) is 11.8. The smallest absolute Gasteiger partial charge is 0.0429 e. The molecule has 2 rings (SSSR count). The van der Waals surface area contributed by atoms with E-state index in [0.717, 1.165) is 26.2 Å². The lowest BCUT2D eigenvalue weighted by molar-refractivity contribution is 0.260. The van der Waals surface area contributed by atoms with Gasteiger partial charge in [-0.25, -0.2) is 0 Å². The molecule has 1 fully saturated rings. The number of aryl methyl sites for hydroxylation is 1. The van der Waals surface area contributed by atoms with Gasteiger partial charge in [-0.2, -0.15) is 0 Å². The van der Waals surface area contributed by atoms with Crippen LogP contribution in [0.15, 0.2) is 24.3 Å². The molecule has 0 aromatic heterocycles. The van der Waals surface area contributed by atoms with Crippen LogP contribution in [0.5, 0.6) is 0 Å². The summed E-state index contributed by atoms with van der Waals surface area (Å²) >= 11 is 0. The van der Waals surface area contributed by atoms with Crippen molar-refractivity contribution < 1.29 is 0 Å². The highest BCUT2D eigenvalue weighted by atomic mass is 15.3. The number of hydrogen-bond acceptors (Lipinski definition) is 3. The molecule has 1 aliphatic heterocycles. The third-order valence-corrected chi connectivity index (χ3v) is 3.78. The van der Waals surface area contributed by atoms with E-state index >= 15 is 0 Å². The van der Waals surface area contributed by atoms with Crippen LogP contribution >= 0.6 is 0 Å². The molecule has 100 valence electrons. The molecular formula is C15H25N3. The first-order valence-electron chi connectivity index (χ1n) is 6.87. The highest BCUT2D eigenvalue weighted by Gasteiger charge is 2.24. The third-order valence-electron chi connectivity index (χ3n) is 3.78. The Balaban J connectivity index is 2.09. The van der Waals surface area contributed by atoms with Crippen LogP contribution in [-0.4, -0.2) is 51.2 Å². The van der Waals surface area contributed by atoms with Crippen molar-refractivity contribution in [1.82, 2.24) is 10.2 Å². The maximum Gasteiger partial charge on any atom is 0.0429 e. The largest absolute Gasteiger partial charge is 0.366 e. The Kier molecular flexibility index (Phi) is 4.61. The maximum absolute atomic E-state index is 3.27. The van der Waals surface area contributed by atoms with E-state index in [0.29, 0.717) is 6.04 Å². The fourth-order valence-corrected chi connectivity index (χ4v) is 2.64. The fraction of sp³-hybridized carbons (Fsp3) is 0.600. The lowest BCUT2D eigenvalue weighted by Gasteiger charge is -2.41. The molecule has 1 aromatic rings. The predicted octanol–water partition coefficient (Wildman–Crippen LogP) is 1.72. The van der Waals surface area contributed by atoms with E-state index in [1.54, 1.807) is 0 Å². The summed E-state index contributed by atoms with van der Waals surface area (Å²) in [6, 6.07) is 9.56. The summed E-state index contributed by atoms with van der Waals surface area (Å²) in [5, 5.41) is 3.27. The van der Waals surface area contributed by atoms with Gasteiger partial charge in [0.25, 0.3) is 0 Å². The molecule has 0 aliphatic carbocycles. The van der Waals surface area contributed by atoms with Crippen molar-refractivity contribution in [2.45, 2.75) is 19.4 Å². The third kappa shape index (κ3) is 3.24. The lowest BCUT2D eigenvalue weighted by atomic mass is 10.1. The molecule has 0 amide bonds. The van der Waals surface area contributed by atoms with Crippen LogP contribution in [0.4, 0.5) is 5.69 Å². The van der Waals surface area contributed by atoms with Crippen molar-refractivity contribution in [2.24, 2.45) is 0 Å². The van der Waals surface area contributed by atoms with Gasteiger partial charge in [0.05, 0.1) is 0 Å². The van der Waals surface area contributed by atoms with Crippen LogP contribution < -0.4 is 10.2 Å². The second kappa shape index (κ2) is 6.21. The topological polar surface area (TPSA) is 18.5 Å². The fourth-order valence-electron chi connectivity index (χ4n) is 2.64. The molecule has 18 heavy (non-hydrogen) atoms. The molecule has 1 atom stereocenters. The second-order valence-electron chi connectivity index (χ2n) is 5.34. The Morgan fingerprint density at radius 3 is 2.61 bits per heavy atom. The van der Waals surface area contributed by atoms with E-state index in [2.05, 4.69) is 53.4 Å². The van der Waals surface area contributed by atoms with Gasteiger partial charge in [-0.05, 0) is 46.1 Å². The average Bonchev–Trinajstić information content (AvgIpc) is 2.38. The van der Waals surface area contributed by atoms with Crippen LogP contribution in [0.2, 0.25) is 0 Å². The summed E-state index contributed by atoms with van der Waals surface area (Å²) in [6.07, 6.45) is 1.20. The Morgan fingerprint density at radius 2 is 1.94 bits per heavy atom. The second-order valence-corrected chi connectivity index (χ2v) is 5.34. The first kappa shape index (κ1) is 13.4. The van der Waals surface area contributed by atoms with E-state index in [4.69, 9.17) is 0 Å². The molecule has 1 unspecified atom stereocenters. The molecule has 0 saturated carbocycles. The monoisotopic (exact) mass is 247 g/mol. The standard InChI is InChI=1S/C15H25N3/c1-13-4-6-14(7-5-13)18-11-10-17(3)12-15(18)8-9-16-2/h4-7,15-16H,8-12H2,1-3H3. The number of rotatable bonds is 4. The van der Waals surface area contributed by atoms with Crippen LogP contribution in [0.25, 0.3) is 0 Å². The van der Waals surface area contributed by atoms with Crippen molar-refractivity contribution in [2.75, 3.05) is 45.2 Å². The van der Waals surface area contributed by atoms with Gasteiger partial charge in [-0.15, -0.1) is 0 Å². The van der Waals surface area contributed by atoms with Crippen molar-refractivity contribution in [3.63, 3.8) is 0 Å². The van der Waals surface area contributed by atoms with Crippen LogP contribution in [0, 0.1) is 6.92 Å². The predicted molar refractivity (Wildman–Crippen MR) is 78.4 cm³/mol. The molecule has 1 aliphatic rings. The summed E-state index contributed by atoms with van der Waals surface area (Å²) in [6.45, 7) is 6.68. The minimum atomic E-state index is 0.624. The molecule has 0 spiro atoms. The average molecular weight is 247 g/mol. The number of anilines is 1. The summed E-state index contributed by atoms with van der Waals surface area (Å²) in [5.74, 6) is 0. The van der Waals surface area contributed by atoms with Gasteiger partial charge in [0.1, 0.15) is 0 Å². The number of likely N-dealkylation sites (N-methyl/N-ethyl adjacent to an activating group) is 1. The SMILES string of the molecule is CNCCC1CN(C)CCN1c1ccc(C)cc1. The van der Waals surface area contributed by atoms with Gasteiger partial charge < -0.3 is 15.1 Å². The molecule has 0 radical (unpaired) electrons. The normalized spacial score (nSPS) is 21.3. The van der Waals surface area contributed by atoms with Crippen molar-refractivity contribution in [1.29, 1.82) is 0 Å². The zero-order valence-electron chi connectivity index (χ0n) is 11.8. The molecule has 3 heteroatoms. The Bertz CT molecular complexity index is 361. The number of nitrogens with zero attached hydrogens (tertiary/aromatic N) is 2. The Morgan fingerprint density at radius 1 is 1.22 bits per heavy atom. The van der Waals surface area contributed by atoms with Crippen molar-refractivity contribution >= 4 is 5.69 Å². The highest BCUT2D eigenvalue weighted by Crippen LogP contribution is 2.22. The highest BCUT2D eigenvalue weighted by molar-refractivity contribution is 5.49. The molecule has 0 bridgehead atoms. The molecule has 1 N–H and O–H groups in total. The van der Waals surface area contributed by atoms with Gasteiger partial charge in [0.15, 0.2) is 0 Å². The van der Waals surface area contributed by atoms with Crippen LogP contribution in [0.1, 0.15) is 12.0 Å². The van der Waals surface area contributed by atoms with Crippen molar-refractivity contribution in [3.05, 3.63) is 29.8 Å². The van der Waals surface area contributed by atoms with E-state index < -0.39 is 0 Å². The van der Waals surface area contributed by atoms with Gasteiger partial charge in [0.2, 0.25) is 0 Å². The minimum Gasteiger partial charge on any atom is -0.366 e. The summed E-state index contributed by atoms with van der Waals surface area (Å²) in [4.78, 5) is 5.00. The van der Waals surface area contributed by atoms with Gasteiger partial charge in [-0.1, -0.05) is 17.7 Å². The summed E-state index contributed by atoms with van der Waals surface area (Å²) in [7, 11) is 4.25. The lowest BCUT2D eigenvalue weighted by Crippen LogP contribution is -2.52. The van der Waals surface area contributed by atoms with E-state index in [1.807, 2.05) is 7.05 Å². The first-order chi connectivity index (χ1) is 8.70. The number of benzene rings is 1. The molecule has 1 saturated heterocycles. The van der Waals surface area contributed by atoms with Gasteiger partial charge in [-0.3, -0.25) is 0 Å². The van der Waals surface area contributed by atoms with E-state index in [-0.39, 0.29) is 0 Å². The number of hydrogen-bond donors (Lipinski definition) is 1. The first-order valence-corrected chi connectivity index (χ1v) is 6.87. The summed E-state index contributed by atoms with van der Waals surface area (Å²) < 4.78 is 0.